The molecule has 1 unspecified atom stereocenters. The van der Waals surface area contributed by atoms with E-state index in [1.807, 2.05) is 61.8 Å². The zero-order chi connectivity index (χ0) is 25.9. The summed E-state index contributed by atoms with van der Waals surface area (Å²) in [5, 5.41) is 0. The maximum Gasteiger partial charge on any atom is 0.234 e. The Kier molecular flexibility index (Phi) is 14.6. The Balaban J connectivity index is 0. The fraction of sp³-hybridized carbons (Fsp3) is 0.893. The Hall–Kier alpha value is -0.600. The molecule has 0 heterocycles. The van der Waals surface area contributed by atoms with Gasteiger partial charge in [0.2, 0.25) is 5.79 Å². The van der Waals surface area contributed by atoms with Gasteiger partial charge in [-0.2, -0.15) is 9.78 Å². The van der Waals surface area contributed by atoms with Crippen molar-refractivity contribution in [3.63, 3.8) is 0 Å². The Morgan fingerprint density at radius 3 is 1.50 bits per heavy atom. The summed E-state index contributed by atoms with van der Waals surface area (Å²) in [6, 6.07) is 0. The van der Waals surface area contributed by atoms with E-state index in [0.717, 1.165) is 25.7 Å². The van der Waals surface area contributed by atoms with E-state index >= 15 is 0 Å². The summed E-state index contributed by atoms with van der Waals surface area (Å²) < 4.78 is 0. The van der Waals surface area contributed by atoms with Gasteiger partial charge in [0.05, 0.1) is 11.2 Å². The predicted octanol–water partition coefficient (Wildman–Crippen LogP) is 8.70. The minimum Gasteiger partial charge on any atom is -0.228 e. The van der Waals surface area contributed by atoms with E-state index in [1.54, 1.807) is 0 Å². The smallest absolute Gasteiger partial charge is 0.228 e. The second-order valence-corrected chi connectivity index (χ2v) is 12.8. The lowest BCUT2D eigenvalue weighted by Gasteiger charge is -2.46. The molecule has 0 aromatic heterocycles. The molecule has 1 radical (unpaired) electrons. The molecule has 1 aliphatic carbocycles. The zero-order valence-corrected chi connectivity index (χ0v) is 24.1. The molecule has 1 aliphatic rings. The molecular weight excluding hydrogens is 400 g/mol. The van der Waals surface area contributed by atoms with Crippen LogP contribution in [0.15, 0.2) is 0 Å². The van der Waals surface area contributed by atoms with Crippen LogP contribution in [0.1, 0.15) is 130 Å². The molecule has 4 heteroatoms. The van der Waals surface area contributed by atoms with E-state index in [4.69, 9.17) is 19.6 Å². The van der Waals surface area contributed by atoms with Crippen molar-refractivity contribution in [2.45, 2.75) is 147 Å². The van der Waals surface area contributed by atoms with Gasteiger partial charge < -0.3 is 0 Å². The maximum atomic E-state index is 5.79. The van der Waals surface area contributed by atoms with Crippen LogP contribution in [0.5, 0.6) is 0 Å². The van der Waals surface area contributed by atoms with Gasteiger partial charge in [0, 0.05) is 24.7 Å². The Morgan fingerprint density at radius 1 is 0.844 bits per heavy atom. The highest BCUT2D eigenvalue weighted by molar-refractivity contribution is 5.06. The van der Waals surface area contributed by atoms with Gasteiger partial charge >= 0.3 is 0 Å². The van der Waals surface area contributed by atoms with Crippen LogP contribution in [-0.2, 0) is 19.6 Å². The summed E-state index contributed by atoms with van der Waals surface area (Å²) in [6.07, 6.45) is 5.63. The van der Waals surface area contributed by atoms with E-state index < -0.39 is 5.79 Å². The topological polar surface area (TPSA) is 36.9 Å². The minimum absolute atomic E-state index is 0.125. The highest BCUT2D eigenvalue weighted by Gasteiger charge is 2.48. The largest absolute Gasteiger partial charge is 0.234 e. The molecule has 0 N–H and O–H groups in total. The lowest BCUT2D eigenvalue weighted by atomic mass is 9.70. The quantitative estimate of drug-likeness (QED) is 0.184. The van der Waals surface area contributed by atoms with Crippen LogP contribution >= 0.6 is 0 Å². The van der Waals surface area contributed by atoms with Crippen LogP contribution in [0, 0.1) is 35.0 Å². The third-order valence-electron chi connectivity index (χ3n) is 3.84. The van der Waals surface area contributed by atoms with Crippen LogP contribution in [0.3, 0.4) is 0 Å². The van der Waals surface area contributed by atoms with Gasteiger partial charge in [-0.25, -0.2) is 9.78 Å². The summed E-state index contributed by atoms with van der Waals surface area (Å²) in [7, 11) is 0. The molecule has 0 spiro atoms. The van der Waals surface area contributed by atoms with Crippen molar-refractivity contribution in [2.24, 2.45) is 16.7 Å². The molecule has 0 bridgehead atoms. The molecule has 0 aromatic rings. The van der Waals surface area contributed by atoms with E-state index in [2.05, 4.69) is 60.3 Å². The molecule has 32 heavy (non-hydrogen) atoms. The average molecular weight is 456 g/mol. The highest BCUT2D eigenvalue weighted by atomic mass is 17.3. The van der Waals surface area contributed by atoms with E-state index in [0.29, 0.717) is 5.92 Å². The van der Waals surface area contributed by atoms with Gasteiger partial charge in [0.15, 0.2) is 0 Å². The third kappa shape index (κ3) is 20.0. The number of rotatable bonds is 4. The SMILES string of the molecule is CC1CC(C)(C)CC(OOC(C)(C)C)(OOC(C)(C)C)C1.CCC#CC(C)(C)C.C[CH]C. The molecule has 1 rings (SSSR count). The maximum absolute atomic E-state index is 5.79. The van der Waals surface area contributed by atoms with Gasteiger partial charge in [0.25, 0.3) is 0 Å². The van der Waals surface area contributed by atoms with Crippen molar-refractivity contribution in [3.05, 3.63) is 6.42 Å². The minimum atomic E-state index is -0.846. The Bertz CT molecular complexity index is 529. The van der Waals surface area contributed by atoms with E-state index in [1.165, 1.54) is 0 Å². The molecule has 0 aromatic carbocycles. The molecule has 0 saturated heterocycles. The molecule has 0 aliphatic heterocycles. The van der Waals surface area contributed by atoms with Gasteiger partial charge in [-0.15, -0.1) is 5.92 Å². The third-order valence-corrected chi connectivity index (χ3v) is 3.84. The molecule has 4 nitrogen and oxygen atoms in total. The second kappa shape index (κ2) is 14.0. The monoisotopic (exact) mass is 455 g/mol. The first-order valence-electron chi connectivity index (χ1n) is 12.2. The normalized spacial score (nSPS) is 20.0. The predicted molar refractivity (Wildman–Crippen MR) is 137 cm³/mol. The van der Waals surface area contributed by atoms with Crippen LogP contribution in [0.25, 0.3) is 0 Å². The van der Waals surface area contributed by atoms with Crippen molar-refractivity contribution < 1.29 is 19.6 Å². The summed E-state index contributed by atoms with van der Waals surface area (Å²) in [6.45, 7) is 30.9. The number of hydrogen-bond donors (Lipinski definition) is 0. The fourth-order valence-corrected chi connectivity index (χ4v) is 3.32. The van der Waals surface area contributed by atoms with Gasteiger partial charge in [-0.3, -0.25) is 0 Å². The molecule has 1 atom stereocenters. The van der Waals surface area contributed by atoms with Crippen molar-refractivity contribution in [1.82, 2.24) is 0 Å². The van der Waals surface area contributed by atoms with Gasteiger partial charge in [-0.05, 0) is 86.5 Å². The van der Waals surface area contributed by atoms with E-state index in [9.17, 15) is 0 Å². The summed E-state index contributed by atoms with van der Waals surface area (Å²) in [5.74, 6) is 5.80. The lowest BCUT2D eigenvalue weighted by molar-refractivity contribution is -0.551. The lowest BCUT2D eigenvalue weighted by Crippen LogP contribution is -2.48. The van der Waals surface area contributed by atoms with Crippen LogP contribution in [-0.4, -0.2) is 17.0 Å². The first-order chi connectivity index (χ1) is 14.2. The highest BCUT2D eigenvalue weighted by Crippen LogP contribution is 2.47. The fourth-order valence-electron chi connectivity index (χ4n) is 3.32. The standard InChI is InChI=1S/C17H34O4.C8H14.C3H7/c1-13-10-16(8,9)12-17(11-13,20-18-14(2,3)4)21-19-15(5,6)7;1-5-6-7-8(2,3)4;1-3-2/h13H,10-12H2,1-9H3;5H2,1-4H3;3H,1-2H3. The summed E-state index contributed by atoms with van der Waals surface area (Å²) in [5.41, 5.74) is -0.456. The Labute approximate surface area is 201 Å². The van der Waals surface area contributed by atoms with Crippen molar-refractivity contribution >= 4 is 0 Å². The second-order valence-electron chi connectivity index (χ2n) is 12.8. The van der Waals surface area contributed by atoms with Crippen molar-refractivity contribution in [1.29, 1.82) is 0 Å². The van der Waals surface area contributed by atoms with Gasteiger partial charge in [-0.1, -0.05) is 47.5 Å². The van der Waals surface area contributed by atoms with Crippen LogP contribution < -0.4 is 0 Å². The summed E-state index contributed by atoms with van der Waals surface area (Å²) in [4.78, 5) is 22.7. The Morgan fingerprint density at radius 2 is 1.25 bits per heavy atom. The van der Waals surface area contributed by atoms with Gasteiger partial charge in [0.1, 0.15) is 0 Å². The molecule has 1 saturated carbocycles. The molecular formula is C28H55O4. The van der Waals surface area contributed by atoms with Crippen molar-refractivity contribution in [3.8, 4) is 11.8 Å². The molecule has 1 fully saturated rings. The molecule has 191 valence electrons. The first-order valence-corrected chi connectivity index (χ1v) is 12.2. The molecule has 0 amide bonds. The summed E-state index contributed by atoms with van der Waals surface area (Å²) >= 11 is 0. The van der Waals surface area contributed by atoms with Crippen molar-refractivity contribution in [2.75, 3.05) is 0 Å². The average Bonchev–Trinajstić information content (AvgIpc) is 2.54. The number of hydrogen-bond acceptors (Lipinski definition) is 4. The first kappa shape index (κ1) is 33.6. The van der Waals surface area contributed by atoms with Crippen LogP contribution in [0.4, 0.5) is 0 Å². The van der Waals surface area contributed by atoms with E-state index in [-0.39, 0.29) is 22.0 Å². The van der Waals surface area contributed by atoms with Crippen LogP contribution in [0.2, 0.25) is 0 Å². The zero-order valence-electron chi connectivity index (χ0n) is 24.1.